The number of nitrogens with zero attached hydrogens (tertiary/aromatic N) is 1. The second-order valence-electron chi connectivity index (χ2n) is 4.05. The normalized spacial score (nSPS) is 12.4. The molecule has 0 aliphatic heterocycles. The molecule has 0 amide bonds. The first-order valence-electron chi connectivity index (χ1n) is 5.44. The number of hydrogen-bond donors (Lipinski definition) is 2. The summed E-state index contributed by atoms with van der Waals surface area (Å²) < 4.78 is 0. The highest BCUT2D eigenvalue weighted by atomic mass is 16.4. The van der Waals surface area contributed by atoms with Gasteiger partial charge in [-0.3, -0.25) is 5.10 Å². The van der Waals surface area contributed by atoms with Gasteiger partial charge in [0.2, 0.25) is 0 Å². The Labute approximate surface area is 99.3 Å². The molecule has 4 nitrogen and oxygen atoms in total. The van der Waals surface area contributed by atoms with E-state index in [1.54, 1.807) is 6.92 Å². The van der Waals surface area contributed by atoms with Crippen LogP contribution in [-0.4, -0.2) is 21.3 Å². The molecular formula is C13H14N2O2. The van der Waals surface area contributed by atoms with Gasteiger partial charge in [-0.25, -0.2) is 4.79 Å². The number of benzene rings is 1. The number of H-pyrrole nitrogens is 1. The second kappa shape index (κ2) is 4.41. The van der Waals surface area contributed by atoms with E-state index in [2.05, 4.69) is 10.2 Å². The maximum atomic E-state index is 11.2. The van der Waals surface area contributed by atoms with E-state index in [0.29, 0.717) is 11.4 Å². The summed E-state index contributed by atoms with van der Waals surface area (Å²) in [5.74, 6) is -0.971. The maximum absolute atomic E-state index is 11.2. The highest BCUT2D eigenvalue weighted by Gasteiger charge is 2.22. The molecule has 2 rings (SSSR count). The van der Waals surface area contributed by atoms with E-state index in [4.69, 9.17) is 0 Å². The number of nitrogens with one attached hydrogen (secondary N) is 1. The third kappa shape index (κ3) is 2.06. The lowest BCUT2D eigenvalue weighted by molar-refractivity contribution is 0.0694. The van der Waals surface area contributed by atoms with Gasteiger partial charge in [0, 0.05) is 11.6 Å². The van der Waals surface area contributed by atoms with E-state index in [0.717, 1.165) is 5.56 Å². The molecular weight excluding hydrogens is 216 g/mol. The van der Waals surface area contributed by atoms with Crippen molar-refractivity contribution in [1.82, 2.24) is 10.2 Å². The zero-order chi connectivity index (χ0) is 12.4. The fourth-order valence-electron chi connectivity index (χ4n) is 1.93. The van der Waals surface area contributed by atoms with Crippen LogP contribution in [0, 0.1) is 6.92 Å². The fraction of sp³-hybridized carbons (Fsp3) is 0.231. The van der Waals surface area contributed by atoms with Crippen LogP contribution in [0.5, 0.6) is 0 Å². The van der Waals surface area contributed by atoms with Gasteiger partial charge in [-0.1, -0.05) is 37.3 Å². The number of carboxylic acids is 1. The van der Waals surface area contributed by atoms with Gasteiger partial charge in [0.25, 0.3) is 0 Å². The molecule has 88 valence electrons. The van der Waals surface area contributed by atoms with E-state index in [1.165, 1.54) is 0 Å². The van der Waals surface area contributed by atoms with Crippen LogP contribution in [0.1, 0.15) is 40.2 Å². The number of aromatic amines is 1. The van der Waals surface area contributed by atoms with Gasteiger partial charge >= 0.3 is 5.97 Å². The van der Waals surface area contributed by atoms with Crippen molar-refractivity contribution in [3.63, 3.8) is 0 Å². The number of aromatic carboxylic acids is 1. The molecule has 2 N–H and O–H groups in total. The Bertz CT molecular complexity index is 532. The minimum absolute atomic E-state index is 0.0350. The van der Waals surface area contributed by atoms with Crippen molar-refractivity contribution in [3.8, 4) is 0 Å². The van der Waals surface area contributed by atoms with Gasteiger partial charge in [0.15, 0.2) is 0 Å². The molecule has 0 saturated carbocycles. The van der Waals surface area contributed by atoms with Gasteiger partial charge < -0.3 is 5.11 Å². The zero-order valence-corrected chi connectivity index (χ0v) is 9.77. The molecule has 0 radical (unpaired) electrons. The molecule has 1 unspecified atom stereocenters. The standard InChI is InChI=1S/C13H14N2O2/c1-8(10-6-4-3-5-7-10)12-11(13(16)17)9(2)14-15-12/h3-8H,1-2H3,(H,14,15)(H,16,17). The Morgan fingerprint density at radius 3 is 2.59 bits per heavy atom. The summed E-state index contributed by atoms with van der Waals surface area (Å²) in [6, 6.07) is 9.75. The number of carbonyl (C=O) groups is 1. The van der Waals surface area contributed by atoms with Crippen LogP contribution < -0.4 is 0 Å². The van der Waals surface area contributed by atoms with E-state index >= 15 is 0 Å². The van der Waals surface area contributed by atoms with Crippen LogP contribution in [-0.2, 0) is 0 Å². The summed E-state index contributed by atoms with van der Waals surface area (Å²) in [7, 11) is 0. The first-order valence-corrected chi connectivity index (χ1v) is 5.44. The predicted octanol–water partition coefficient (Wildman–Crippen LogP) is 2.57. The van der Waals surface area contributed by atoms with Crippen LogP contribution in [0.15, 0.2) is 30.3 Å². The first kappa shape index (κ1) is 11.4. The lowest BCUT2D eigenvalue weighted by Crippen LogP contribution is -2.06. The van der Waals surface area contributed by atoms with Gasteiger partial charge in [0.1, 0.15) is 5.56 Å². The topological polar surface area (TPSA) is 66.0 Å². The zero-order valence-electron chi connectivity index (χ0n) is 9.77. The van der Waals surface area contributed by atoms with Crippen molar-refractivity contribution >= 4 is 5.97 Å². The molecule has 0 saturated heterocycles. The third-order valence-electron chi connectivity index (χ3n) is 2.90. The predicted molar refractivity (Wildman–Crippen MR) is 64.2 cm³/mol. The van der Waals surface area contributed by atoms with Crippen LogP contribution in [0.2, 0.25) is 0 Å². The van der Waals surface area contributed by atoms with Crippen molar-refractivity contribution in [3.05, 3.63) is 52.8 Å². The Balaban J connectivity index is 2.45. The number of rotatable bonds is 3. The highest BCUT2D eigenvalue weighted by molar-refractivity contribution is 5.90. The average Bonchev–Trinajstić information content (AvgIpc) is 2.71. The van der Waals surface area contributed by atoms with Crippen LogP contribution in [0.25, 0.3) is 0 Å². The quantitative estimate of drug-likeness (QED) is 0.851. The Hall–Kier alpha value is -2.10. The number of aryl methyl sites for hydroxylation is 1. The third-order valence-corrected chi connectivity index (χ3v) is 2.90. The molecule has 17 heavy (non-hydrogen) atoms. The van der Waals surface area contributed by atoms with Crippen molar-refractivity contribution in [2.75, 3.05) is 0 Å². The summed E-state index contributed by atoms with van der Waals surface area (Å²) >= 11 is 0. The smallest absolute Gasteiger partial charge is 0.339 e. The van der Waals surface area contributed by atoms with Gasteiger partial charge in [-0.2, -0.15) is 5.10 Å². The van der Waals surface area contributed by atoms with Crippen molar-refractivity contribution in [1.29, 1.82) is 0 Å². The fourth-order valence-corrected chi connectivity index (χ4v) is 1.93. The van der Waals surface area contributed by atoms with Crippen LogP contribution in [0.4, 0.5) is 0 Å². The van der Waals surface area contributed by atoms with Crippen LogP contribution in [0.3, 0.4) is 0 Å². The van der Waals surface area contributed by atoms with Crippen molar-refractivity contribution < 1.29 is 9.90 Å². The summed E-state index contributed by atoms with van der Waals surface area (Å²) in [4.78, 5) is 11.2. The maximum Gasteiger partial charge on any atom is 0.339 e. The SMILES string of the molecule is Cc1[nH]nc(C(C)c2ccccc2)c1C(=O)O. The minimum atomic E-state index is -0.936. The van der Waals surface area contributed by atoms with E-state index < -0.39 is 5.97 Å². The monoisotopic (exact) mass is 230 g/mol. The first-order chi connectivity index (χ1) is 8.11. The molecule has 1 atom stereocenters. The van der Waals surface area contributed by atoms with Gasteiger partial charge in [-0.05, 0) is 12.5 Å². The van der Waals surface area contributed by atoms with E-state index in [1.807, 2.05) is 37.3 Å². The Morgan fingerprint density at radius 1 is 1.35 bits per heavy atom. The molecule has 4 heteroatoms. The van der Waals surface area contributed by atoms with Gasteiger partial charge in [0.05, 0.1) is 5.69 Å². The number of hydrogen-bond acceptors (Lipinski definition) is 2. The molecule has 1 aromatic heterocycles. The molecule has 0 aliphatic rings. The molecule has 0 bridgehead atoms. The summed E-state index contributed by atoms with van der Waals surface area (Å²) in [6.45, 7) is 3.68. The van der Waals surface area contributed by atoms with Crippen molar-refractivity contribution in [2.45, 2.75) is 19.8 Å². The van der Waals surface area contributed by atoms with E-state index in [9.17, 15) is 9.90 Å². The lowest BCUT2D eigenvalue weighted by Gasteiger charge is -2.10. The summed E-state index contributed by atoms with van der Waals surface area (Å²) in [5, 5.41) is 16.0. The Kier molecular flexibility index (Phi) is 2.95. The molecule has 0 spiro atoms. The number of aromatic nitrogens is 2. The average molecular weight is 230 g/mol. The Morgan fingerprint density at radius 2 is 2.00 bits per heavy atom. The summed E-state index contributed by atoms with van der Waals surface area (Å²) in [6.07, 6.45) is 0. The largest absolute Gasteiger partial charge is 0.478 e. The van der Waals surface area contributed by atoms with Gasteiger partial charge in [-0.15, -0.1) is 0 Å². The second-order valence-corrected chi connectivity index (χ2v) is 4.05. The highest BCUT2D eigenvalue weighted by Crippen LogP contribution is 2.26. The summed E-state index contributed by atoms with van der Waals surface area (Å²) in [5.41, 5.74) is 2.51. The molecule has 1 heterocycles. The minimum Gasteiger partial charge on any atom is -0.478 e. The number of carboxylic acid groups (broad SMARTS) is 1. The van der Waals surface area contributed by atoms with Crippen molar-refractivity contribution in [2.24, 2.45) is 0 Å². The van der Waals surface area contributed by atoms with E-state index in [-0.39, 0.29) is 11.5 Å². The molecule has 1 aromatic carbocycles. The van der Waals surface area contributed by atoms with Crippen LogP contribution >= 0.6 is 0 Å². The molecule has 2 aromatic rings. The molecule has 0 aliphatic carbocycles. The molecule has 0 fully saturated rings. The lowest BCUT2D eigenvalue weighted by atomic mass is 9.94.